The molecule has 2 saturated heterocycles. The van der Waals surface area contributed by atoms with Crippen molar-refractivity contribution in [2.75, 3.05) is 32.7 Å². The zero-order chi connectivity index (χ0) is 22.5. The normalized spacial score (nSPS) is 21.4. The van der Waals surface area contributed by atoms with Crippen LogP contribution in [0.5, 0.6) is 0 Å². The van der Waals surface area contributed by atoms with Gasteiger partial charge in [-0.05, 0) is 48.4 Å². The molecule has 2 unspecified atom stereocenters. The van der Waals surface area contributed by atoms with E-state index in [1.807, 2.05) is 47.4 Å². The Morgan fingerprint density at radius 1 is 0.938 bits per heavy atom. The number of hydrogen-bond donors (Lipinski definition) is 1. The number of amides is 3. The second-order valence-corrected chi connectivity index (χ2v) is 9.25. The molecule has 32 heavy (non-hydrogen) atoms. The molecule has 0 aromatic heterocycles. The Bertz CT molecular complexity index is 984. The Labute approximate surface area is 189 Å². The average Bonchev–Trinajstić information content (AvgIpc) is 2.83. The van der Waals surface area contributed by atoms with Gasteiger partial charge >= 0.3 is 0 Å². The van der Waals surface area contributed by atoms with Crippen molar-refractivity contribution in [2.24, 2.45) is 11.8 Å². The maximum absolute atomic E-state index is 13.2. The van der Waals surface area contributed by atoms with Crippen LogP contribution in [0.1, 0.15) is 49.4 Å². The molecular formula is C26H33N3O3. The molecule has 0 saturated carbocycles. The summed E-state index contributed by atoms with van der Waals surface area (Å²) in [5.74, 6) is 0.366. The van der Waals surface area contributed by atoms with E-state index in [0.29, 0.717) is 37.5 Å². The van der Waals surface area contributed by atoms with E-state index in [-0.39, 0.29) is 23.6 Å². The first-order valence-electron chi connectivity index (χ1n) is 11.9. The predicted octanol–water partition coefficient (Wildman–Crippen LogP) is 3.46. The molecular weight excluding hydrogens is 402 g/mol. The summed E-state index contributed by atoms with van der Waals surface area (Å²) in [6, 6.07) is 13.7. The fraction of sp³-hybridized carbons (Fsp3) is 0.500. The Hall–Kier alpha value is -2.89. The highest BCUT2D eigenvalue weighted by atomic mass is 16.2. The minimum absolute atomic E-state index is 0.0197. The van der Waals surface area contributed by atoms with Crippen molar-refractivity contribution in [1.82, 2.24) is 15.1 Å². The van der Waals surface area contributed by atoms with E-state index in [2.05, 4.69) is 12.2 Å². The second-order valence-electron chi connectivity index (χ2n) is 9.25. The third kappa shape index (κ3) is 5.12. The third-order valence-corrected chi connectivity index (χ3v) is 6.75. The lowest BCUT2D eigenvalue weighted by Gasteiger charge is -2.33. The first-order valence-corrected chi connectivity index (χ1v) is 11.9. The Kier molecular flexibility index (Phi) is 7.08. The third-order valence-electron chi connectivity index (χ3n) is 6.75. The van der Waals surface area contributed by atoms with Gasteiger partial charge in [0.2, 0.25) is 11.8 Å². The van der Waals surface area contributed by atoms with Crippen molar-refractivity contribution in [3.63, 3.8) is 0 Å². The van der Waals surface area contributed by atoms with Gasteiger partial charge in [0.05, 0.1) is 5.92 Å². The van der Waals surface area contributed by atoms with Gasteiger partial charge in [-0.1, -0.05) is 43.3 Å². The molecule has 0 radical (unpaired) electrons. The highest BCUT2D eigenvalue weighted by Gasteiger charge is 2.29. The summed E-state index contributed by atoms with van der Waals surface area (Å²) in [6.45, 7) is 5.26. The fourth-order valence-corrected chi connectivity index (χ4v) is 4.97. The number of carbonyl (C=O) groups excluding carboxylic acids is 3. The van der Waals surface area contributed by atoms with Crippen LogP contribution in [0, 0.1) is 11.8 Å². The quantitative estimate of drug-likeness (QED) is 0.782. The average molecular weight is 436 g/mol. The number of carbonyl (C=O) groups is 3. The number of hydrogen-bond acceptors (Lipinski definition) is 3. The van der Waals surface area contributed by atoms with Gasteiger partial charge in [0.15, 0.2) is 0 Å². The molecule has 0 spiro atoms. The van der Waals surface area contributed by atoms with Gasteiger partial charge in [-0.3, -0.25) is 14.4 Å². The van der Waals surface area contributed by atoms with E-state index in [1.54, 1.807) is 4.90 Å². The summed E-state index contributed by atoms with van der Waals surface area (Å²) in [5.41, 5.74) is 0.686. The molecule has 2 fully saturated rings. The van der Waals surface area contributed by atoms with Gasteiger partial charge < -0.3 is 15.1 Å². The molecule has 0 bridgehead atoms. The van der Waals surface area contributed by atoms with Crippen molar-refractivity contribution < 1.29 is 14.4 Å². The molecule has 2 aromatic rings. The number of fused-ring (bicyclic) bond motifs is 1. The van der Waals surface area contributed by atoms with Crippen LogP contribution in [0.3, 0.4) is 0 Å². The lowest BCUT2D eigenvalue weighted by Crippen LogP contribution is -2.46. The summed E-state index contributed by atoms with van der Waals surface area (Å²) < 4.78 is 0. The largest absolute Gasteiger partial charge is 0.355 e. The number of rotatable bonds is 5. The molecule has 2 atom stereocenters. The zero-order valence-corrected chi connectivity index (χ0v) is 18.9. The van der Waals surface area contributed by atoms with E-state index in [0.717, 1.165) is 43.1 Å². The molecule has 2 heterocycles. The highest BCUT2D eigenvalue weighted by Crippen LogP contribution is 2.24. The molecule has 2 aromatic carbocycles. The summed E-state index contributed by atoms with van der Waals surface area (Å²) in [5, 5.41) is 4.92. The van der Waals surface area contributed by atoms with E-state index >= 15 is 0 Å². The van der Waals surface area contributed by atoms with Crippen LogP contribution in [-0.2, 0) is 9.59 Å². The van der Waals surface area contributed by atoms with E-state index in [1.165, 1.54) is 6.42 Å². The number of benzene rings is 2. The minimum atomic E-state index is -0.229. The molecule has 170 valence electrons. The van der Waals surface area contributed by atoms with Crippen LogP contribution in [0.25, 0.3) is 10.8 Å². The van der Waals surface area contributed by atoms with Crippen LogP contribution in [0.15, 0.2) is 42.5 Å². The first kappa shape index (κ1) is 22.3. The monoisotopic (exact) mass is 435 g/mol. The predicted molar refractivity (Wildman–Crippen MR) is 125 cm³/mol. The summed E-state index contributed by atoms with van der Waals surface area (Å²) in [4.78, 5) is 42.1. The van der Waals surface area contributed by atoms with Crippen LogP contribution in [0.4, 0.5) is 0 Å². The zero-order valence-electron chi connectivity index (χ0n) is 18.9. The molecule has 6 nitrogen and oxygen atoms in total. The number of piperidine rings is 2. The van der Waals surface area contributed by atoms with E-state index in [4.69, 9.17) is 0 Å². The first-order chi connectivity index (χ1) is 15.5. The Morgan fingerprint density at radius 3 is 2.53 bits per heavy atom. The fourth-order valence-electron chi connectivity index (χ4n) is 4.97. The van der Waals surface area contributed by atoms with Crippen LogP contribution >= 0.6 is 0 Å². The van der Waals surface area contributed by atoms with Gasteiger partial charge in [0.1, 0.15) is 0 Å². The summed E-state index contributed by atoms with van der Waals surface area (Å²) in [6.07, 6.45) is 4.14. The van der Waals surface area contributed by atoms with Gasteiger partial charge in [0, 0.05) is 44.7 Å². The molecule has 4 rings (SSSR count). The second kappa shape index (κ2) is 10.2. The van der Waals surface area contributed by atoms with Crippen molar-refractivity contribution in [3.05, 3.63) is 48.0 Å². The maximum atomic E-state index is 13.2. The Balaban J connectivity index is 1.31. The summed E-state index contributed by atoms with van der Waals surface area (Å²) >= 11 is 0. The molecule has 0 aliphatic carbocycles. The lowest BCUT2D eigenvalue weighted by molar-refractivity contribution is -0.133. The van der Waals surface area contributed by atoms with Crippen molar-refractivity contribution in [2.45, 2.75) is 39.0 Å². The highest BCUT2D eigenvalue weighted by molar-refractivity contribution is 6.07. The van der Waals surface area contributed by atoms with Gasteiger partial charge in [0.25, 0.3) is 5.91 Å². The van der Waals surface area contributed by atoms with Crippen molar-refractivity contribution in [1.29, 1.82) is 0 Å². The lowest BCUT2D eigenvalue weighted by atomic mass is 9.95. The smallest absolute Gasteiger partial charge is 0.254 e. The summed E-state index contributed by atoms with van der Waals surface area (Å²) in [7, 11) is 0. The topological polar surface area (TPSA) is 69.7 Å². The minimum Gasteiger partial charge on any atom is -0.355 e. The van der Waals surface area contributed by atoms with Crippen molar-refractivity contribution >= 4 is 28.5 Å². The van der Waals surface area contributed by atoms with E-state index < -0.39 is 0 Å². The SMILES string of the molecule is CC1CCCN(C(=O)CCNC(=O)C2CCCN(C(=O)c3cccc4ccccc34)C2)C1. The van der Waals surface area contributed by atoms with Gasteiger partial charge in [-0.15, -0.1) is 0 Å². The molecule has 2 aliphatic heterocycles. The van der Waals surface area contributed by atoms with Gasteiger partial charge in [-0.2, -0.15) is 0 Å². The number of nitrogens with zero attached hydrogens (tertiary/aromatic N) is 2. The number of nitrogens with one attached hydrogen (secondary N) is 1. The van der Waals surface area contributed by atoms with Crippen LogP contribution < -0.4 is 5.32 Å². The van der Waals surface area contributed by atoms with Gasteiger partial charge in [-0.25, -0.2) is 0 Å². The molecule has 2 aliphatic rings. The standard InChI is InChI=1S/C26H33N3O3/c1-19-7-5-15-28(17-19)24(30)13-14-27-25(31)21-10-6-16-29(18-21)26(32)23-12-4-9-20-8-2-3-11-22(20)23/h2-4,8-9,11-12,19,21H,5-7,10,13-18H2,1H3,(H,27,31). The molecule has 6 heteroatoms. The van der Waals surface area contributed by atoms with E-state index in [9.17, 15) is 14.4 Å². The maximum Gasteiger partial charge on any atom is 0.254 e. The molecule has 1 N–H and O–H groups in total. The van der Waals surface area contributed by atoms with Crippen LogP contribution in [-0.4, -0.2) is 60.2 Å². The van der Waals surface area contributed by atoms with Crippen LogP contribution in [0.2, 0.25) is 0 Å². The number of likely N-dealkylation sites (tertiary alicyclic amines) is 2. The molecule has 3 amide bonds. The van der Waals surface area contributed by atoms with Crippen molar-refractivity contribution in [3.8, 4) is 0 Å². The Morgan fingerprint density at radius 2 is 1.69 bits per heavy atom.